The molecule has 4 amide bonds. The van der Waals surface area contributed by atoms with Crippen molar-refractivity contribution in [2.45, 2.75) is 25.4 Å². The summed E-state index contributed by atoms with van der Waals surface area (Å²) >= 11 is 6.15. The first kappa shape index (κ1) is 18.2. The molecule has 1 fully saturated rings. The summed E-state index contributed by atoms with van der Waals surface area (Å²) in [6, 6.07) is 5.93. The monoisotopic (exact) mass is 353 g/mol. The second kappa shape index (κ2) is 7.19. The third-order valence-corrected chi connectivity index (χ3v) is 4.14. The number of carbonyl (C=O) groups is 3. The van der Waals surface area contributed by atoms with Gasteiger partial charge in [0.2, 0.25) is 5.91 Å². The van der Waals surface area contributed by atoms with Crippen molar-refractivity contribution in [3.05, 3.63) is 34.9 Å². The highest BCUT2D eigenvalue weighted by atomic mass is 35.5. The van der Waals surface area contributed by atoms with Gasteiger partial charge in [-0.15, -0.1) is 0 Å². The Kier molecular flexibility index (Phi) is 5.46. The number of amides is 4. The number of benzene rings is 1. The molecule has 1 aliphatic rings. The van der Waals surface area contributed by atoms with Crippen LogP contribution in [0.15, 0.2) is 24.3 Å². The van der Waals surface area contributed by atoms with E-state index in [-0.39, 0.29) is 12.6 Å². The molecule has 1 heterocycles. The third-order valence-electron chi connectivity index (χ3n) is 3.81. The van der Waals surface area contributed by atoms with Crippen LogP contribution >= 0.6 is 11.6 Å². The fourth-order valence-electron chi connectivity index (χ4n) is 2.65. The van der Waals surface area contributed by atoms with Crippen molar-refractivity contribution in [3.8, 4) is 0 Å². The molecule has 0 radical (unpaired) electrons. The molecule has 2 rings (SSSR count). The zero-order chi connectivity index (χ0) is 17.9. The number of methoxy groups -OCH3 is 1. The molecule has 0 saturated carbocycles. The van der Waals surface area contributed by atoms with Gasteiger partial charge in [0, 0.05) is 23.7 Å². The van der Waals surface area contributed by atoms with Gasteiger partial charge in [-0.3, -0.25) is 14.5 Å². The summed E-state index contributed by atoms with van der Waals surface area (Å²) in [5, 5.41) is 5.65. The molecule has 0 aliphatic carbocycles. The second-order valence-corrected chi connectivity index (χ2v) is 6.26. The molecular formula is C16H20ClN3O4. The summed E-state index contributed by atoms with van der Waals surface area (Å²) in [5.41, 5.74) is -0.811. The van der Waals surface area contributed by atoms with Gasteiger partial charge in [0.25, 0.3) is 5.91 Å². The predicted molar refractivity (Wildman–Crippen MR) is 88.5 cm³/mol. The molecular weight excluding hydrogens is 334 g/mol. The Bertz CT molecular complexity index is 666. The maximum atomic E-state index is 12.7. The van der Waals surface area contributed by atoms with Crippen molar-refractivity contribution in [2.75, 3.05) is 20.3 Å². The van der Waals surface area contributed by atoms with E-state index in [1.165, 1.54) is 7.11 Å². The first-order valence-corrected chi connectivity index (χ1v) is 7.84. The van der Waals surface area contributed by atoms with Crippen LogP contribution in [0.25, 0.3) is 0 Å². The fourth-order valence-corrected chi connectivity index (χ4v) is 2.97. The van der Waals surface area contributed by atoms with Crippen LogP contribution in [-0.2, 0) is 19.9 Å². The summed E-state index contributed by atoms with van der Waals surface area (Å²) in [4.78, 5) is 37.8. The normalized spacial score (nSPS) is 21.6. The van der Waals surface area contributed by atoms with Gasteiger partial charge in [0.1, 0.15) is 12.1 Å². The number of nitrogens with one attached hydrogen (secondary N) is 2. The topological polar surface area (TPSA) is 87.7 Å². The number of urea groups is 1. The van der Waals surface area contributed by atoms with Gasteiger partial charge in [-0.2, -0.15) is 0 Å². The van der Waals surface area contributed by atoms with Crippen molar-refractivity contribution >= 4 is 29.4 Å². The number of hydrogen-bond acceptors (Lipinski definition) is 4. The van der Waals surface area contributed by atoms with Gasteiger partial charge in [-0.25, -0.2) is 4.79 Å². The number of carbonyl (C=O) groups excluding carboxylic acids is 3. The first-order valence-electron chi connectivity index (χ1n) is 7.47. The minimum atomic E-state index is -1.30. The average molecular weight is 354 g/mol. The van der Waals surface area contributed by atoms with Crippen LogP contribution in [0, 0.1) is 0 Å². The largest absolute Gasteiger partial charge is 0.383 e. The SMILES string of the molecule is COC[C@@H](C)NC(=O)CN1C(=O)N[C@@](C)(c2ccccc2Cl)C1=O. The maximum absolute atomic E-state index is 12.7. The molecule has 0 bridgehead atoms. The van der Waals surface area contributed by atoms with Crippen LogP contribution in [0.3, 0.4) is 0 Å². The lowest BCUT2D eigenvalue weighted by atomic mass is 9.92. The van der Waals surface area contributed by atoms with Crippen LogP contribution < -0.4 is 10.6 Å². The maximum Gasteiger partial charge on any atom is 0.325 e. The Morgan fingerprint density at radius 2 is 2.08 bits per heavy atom. The van der Waals surface area contributed by atoms with E-state index in [1.807, 2.05) is 0 Å². The van der Waals surface area contributed by atoms with Gasteiger partial charge in [-0.05, 0) is 19.9 Å². The Morgan fingerprint density at radius 1 is 1.42 bits per heavy atom. The highest BCUT2D eigenvalue weighted by molar-refractivity contribution is 6.32. The number of rotatable bonds is 6. The minimum Gasteiger partial charge on any atom is -0.383 e. The summed E-state index contributed by atoms with van der Waals surface area (Å²) in [7, 11) is 1.52. The number of halogens is 1. The lowest BCUT2D eigenvalue weighted by Gasteiger charge is -2.23. The molecule has 0 unspecified atom stereocenters. The van der Waals surface area contributed by atoms with Crippen molar-refractivity contribution in [2.24, 2.45) is 0 Å². The molecule has 2 atom stereocenters. The molecule has 1 saturated heterocycles. The van der Waals surface area contributed by atoms with E-state index in [0.717, 1.165) is 4.90 Å². The summed E-state index contributed by atoms with van der Waals surface area (Å²) < 4.78 is 4.93. The van der Waals surface area contributed by atoms with Crippen LogP contribution in [0.2, 0.25) is 5.02 Å². The number of ether oxygens (including phenoxy) is 1. The number of nitrogens with zero attached hydrogens (tertiary/aromatic N) is 1. The summed E-state index contributed by atoms with van der Waals surface area (Å²) in [6.07, 6.45) is 0. The molecule has 2 N–H and O–H groups in total. The van der Waals surface area contributed by atoms with E-state index < -0.39 is 23.4 Å². The second-order valence-electron chi connectivity index (χ2n) is 5.85. The van der Waals surface area contributed by atoms with E-state index in [4.69, 9.17) is 16.3 Å². The molecule has 1 aromatic rings. The first-order chi connectivity index (χ1) is 11.3. The van der Waals surface area contributed by atoms with Gasteiger partial charge < -0.3 is 15.4 Å². The molecule has 0 spiro atoms. The number of hydrogen-bond donors (Lipinski definition) is 2. The van der Waals surface area contributed by atoms with Crippen molar-refractivity contribution < 1.29 is 19.1 Å². The fraction of sp³-hybridized carbons (Fsp3) is 0.438. The molecule has 1 aromatic carbocycles. The standard InChI is InChI=1S/C16H20ClN3O4/c1-10(9-24-3)18-13(21)8-20-14(22)16(2,19-15(20)23)11-6-4-5-7-12(11)17/h4-7,10H,8-9H2,1-3H3,(H,18,21)(H,19,23)/t10-,16+/m1/s1. The van der Waals surface area contributed by atoms with Gasteiger partial charge >= 0.3 is 6.03 Å². The molecule has 130 valence electrons. The smallest absolute Gasteiger partial charge is 0.325 e. The Morgan fingerprint density at radius 3 is 2.71 bits per heavy atom. The summed E-state index contributed by atoms with van der Waals surface area (Å²) in [6.45, 7) is 3.31. The molecule has 0 aromatic heterocycles. The van der Waals surface area contributed by atoms with E-state index in [0.29, 0.717) is 17.2 Å². The van der Waals surface area contributed by atoms with E-state index in [2.05, 4.69) is 10.6 Å². The third kappa shape index (κ3) is 3.52. The van der Waals surface area contributed by atoms with Crippen molar-refractivity contribution in [1.29, 1.82) is 0 Å². The average Bonchev–Trinajstić information content (AvgIpc) is 2.72. The highest BCUT2D eigenvalue weighted by Crippen LogP contribution is 2.33. The van der Waals surface area contributed by atoms with Gasteiger partial charge in [0.05, 0.1) is 6.61 Å². The van der Waals surface area contributed by atoms with Crippen LogP contribution in [0.5, 0.6) is 0 Å². The van der Waals surface area contributed by atoms with Gasteiger partial charge in [-0.1, -0.05) is 29.8 Å². The van der Waals surface area contributed by atoms with Crippen LogP contribution in [0.1, 0.15) is 19.4 Å². The Hall–Kier alpha value is -2.12. The summed E-state index contributed by atoms with van der Waals surface area (Å²) in [5.74, 6) is -0.957. The highest BCUT2D eigenvalue weighted by Gasteiger charge is 2.50. The lowest BCUT2D eigenvalue weighted by Crippen LogP contribution is -2.45. The van der Waals surface area contributed by atoms with Crippen molar-refractivity contribution in [1.82, 2.24) is 15.5 Å². The van der Waals surface area contributed by atoms with Crippen LogP contribution in [0.4, 0.5) is 4.79 Å². The molecule has 7 nitrogen and oxygen atoms in total. The molecule has 1 aliphatic heterocycles. The zero-order valence-electron chi connectivity index (χ0n) is 13.8. The lowest BCUT2D eigenvalue weighted by molar-refractivity contribution is -0.135. The zero-order valence-corrected chi connectivity index (χ0v) is 14.5. The number of imide groups is 1. The van der Waals surface area contributed by atoms with Crippen molar-refractivity contribution in [3.63, 3.8) is 0 Å². The Balaban J connectivity index is 2.14. The molecule has 24 heavy (non-hydrogen) atoms. The van der Waals surface area contributed by atoms with Gasteiger partial charge in [0.15, 0.2) is 0 Å². The van der Waals surface area contributed by atoms with E-state index >= 15 is 0 Å². The van der Waals surface area contributed by atoms with Crippen LogP contribution in [-0.4, -0.2) is 49.0 Å². The minimum absolute atomic E-state index is 0.224. The predicted octanol–water partition coefficient (Wildman–Crippen LogP) is 1.26. The van der Waals surface area contributed by atoms with E-state index in [9.17, 15) is 14.4 Å². The Labute approximate surface area is 145 Å². The van der Waals surface area contributed by atoms with E-state index in [1.54, 1.807) is 38.1 Å². The molecule has 8 heteroatoms. The quantitative estimate of drug-likeness (QED) is 0.754.